The molecule has 0 fully saturated rings. The van der Waals surface area contributed by atoms with Crippen molar-refractivity contribution in [3.63, 3.8) is 0 Å². The van der Waals surface area contributed by atoms with Gasteiger partial charge in [0.15, 0.2) is 10.8 Å². The number of carbonyl (C=O) groups is 1. The molecule has 1 aromatic carbocycles. The number of anilines is 1. The lowest BCUT2D eigenvalue weighted by molar-refractivity contribution is 0.0950. The number of pyridine rings is 1. The maximum absolute atomic E-state index is 12.1. The first-order valence-electron chi connectivity index (χ1n) is 7.30. The van der Waals surface area contributed by atoms with Crippen molar-refractivity contribution in [3.05, 3.63) is 50.7 Å². The minimum atomic E-state index is -0.662. The van der Waals surface area contributed by atoms with Crippen LogP contribution in [0, 0.1) is 0 Å². The molecule has 2 rings (SSSR count). The highest BCUT2D eigenvalue weighted by molar-refractivity contribution is 6.46. The Hall–Kier alpha value is -2.02. The summed E-state index contributed by atoms with van der Waals surface area (Å²) in [6, 6.07) is 7.28. The molecule has 0 unspecified atom stereocenters. The van der Waals surface area contributed by atoms with Gasteiger partial charge >= 0.3 is 0 Å². The number of rotatable bonds is 6. The zero-order chi connectivity index (χ0) is 18.4. The van der Waals surface area contributed by atoms with E-state index in [1.807, 2.05) is 25.1 Å². The Morgan fingerprint density at radius 3 is 2.84 bits per heavy atom. The van der Waals surface area contributed by atoms with Crippen molar-refractivity contribution in [1.29, 1.82) is 0 Å². The van der Waals surface area contributed by atoms with Crippen LogP contribution in [0.15, 0.2) is 29.4 Å². The fourth-order valence-electron chi connectivity index (χ4n) is 1.80. The largest absolute Gasteiger partial charge is 0.494 e. The molecule has 3 N–H and O–H groups in total. The van der Waals surface area contributed by atoms with E-state index in [-0.39, 0.29) is 26.6 Å². The van der Waals surface area contributed by atoms with Crippen LogP contribution in [-0.4, -0.2) is 23.7 Å². The first kappa shape index (κ1) is 19.3. The Balaban J connectivity index is 2.09. The van der Waals surface area contributed by atoms with Crippen molar-refractivity contribution in [3.8, 4) is 5.75 Å². The van der Waals surface area contributed by atoms with Crippen LogP contribution in [-0.2, 0) is 0 Å². The number of halogens is 3. The summed E-state index contributed by atoms with van der Waals surface area (Å²) in [4.78, 5) is 15.9. The molecular formula is C16H15Cl3N4O2. The monoisotopic (exact) mass is 400 g/mol. The molecule has 9 heteroatoms. The standard InChI is InChI=1S/C16H15Cl3N4O2/c1-2-6-25-10-5-3-4-9(7-10)8-21-23-16(24)14-11(17)13(20)12(18)15(19)22-14/h3-5,7-8H,2,6H2,1H3,(H2,20,22)(H,23,24)/b21-8+. The van der Waals surface area contributed by atoms with Gasteiger partial charge in [0, 0.05) is 0 Å². The van der Waals surface area contributed by atoms with E-state index >= 15 is 0 Å². The first-order chi connectivity index (χ1) is 11.9. The molecule has 0 aliphatic heterocycles. The van der Waals surface area contributed by atoms with Crippen molar-refractivity contribution in [2.24, 2.45) is 5.10 Å². The highest BCUT2D eigenvalue weighted by Crippen LogP contribution is 2.34. The van der Waals surface area contributed by atoms with Crippen molar-refractivity contribution in [2.45, 2.75) is 13.3 Å². The van der Waals surface area contributed by atoms with Crippen molar-refractivity contribution in [1.82, 2.24) is 10.4 Å². The Morgan fingerprint density at radius 2 is 2.12 bits per heavy atom. The fraction of sp³-hybridized carbons (Fsp3) is 0.188. The van der Waals surface area contributed by atoms with Gasteiger partial charge in [-0.1, -0.05) is 53.9 Å². The summed E-state index contributed by atoms with van der Waals surface area (Å²) in [5.74, 6) is 0.0593. The third-order valence-corrected chi connectivity index (χ3v) is 4.13. The van der Waals surface area contributed by atoms with Crippen LogP contribution in [0.5, 0.6) is 5.75 Å². The number of nitrogen functional groups attached to an aromatic ring is 1. The lowest BCUT2D eigenvalue weighted by atomic mass is 10.2. The third-order valence-electron chi connectivity index (χ3n) is 3.00. The van der Waals surface area contributed by atoms with Crippen LogP contribution in [0.4, 0.5) is 5.69 Å². The van der Waals surface area contributed by atoms with Gasteiger partial charge in [0.2, 0.25) is 0 Å². The molecule has 1 aromatic heterocycles. The zero-order valence-corrected chi connectivity index (χ0v) is 15.5. The van der Waals surface area contributed by atoms with E-state index in [0.29, 0.717) is 6.61 Å². The molecule has 0 atom stereocenters. The third kappa shape index (κ3) is 4.98. The fourth-order valence-corrected chi connectivity index (χ4v) is 2.40. The Kier molecular flexibility index (Phi) is 6.87. The maximum Gasteiger partial charge on any atom is 0.291 e. The van der Waals surface area contributed by atoms with Gasteiger partial charge in [0.05, 0.1) is 23.5 Å². The molecule has 2 aromatic rings. The summed E-state index contributed by atoms with van der Waals surface area (Å²) in [5, 5.41) is 3.66. The summed E-state index contributed by atoms with van der Waals surface area (Å²) < 4.78 is 5.53. The van der Waals surface area contributed by atoms with Gasteiger partial charge in [-0.3, -0.25) is 4.79 Å². The van der Waals surface area contributed by atoms with Gasteiger partial charge in [-0.25, -0.2) is 10.4 Å². The maximum atomic E-state index is 12.1. The molecule has 0 saturated carbocycles. The quantitative estimate of drug-likeness (QED) is 0.432. The number of hydrazone groups is 1. The minimum absolute atomic E-state index is 0.00406. The lowest BCUT2D eigenvalue weighted by Gasteiger charge is -2.07. The van der Waals surface area contributed by atoms with Gasteiger partial charge < -0.3 is 10.5 Å². The molecule has 25 heavy (non-hydrogen) atoms. The number of aromatic nitrogens is 1. The number of benzene rings is 1. The molecule has 132 valence electrons. The zero-order valence-electron chi connectivity index (χ0n) is 13.2. The van der Waals surface area contributed by atoms with Crippen LogP contribution >= 0.6 is 34.8 Å². The Bertz CT molecular complexity index is 812. The number of nitrogens with zero attached hydrogens (tertiary/aromatic N) is 2. The van der Waals surface area contributed by atoms with Crippen LogP contribution in [0.25, 0.3) is 0 Å². The van der Waals surface area contributed by atoms with E-state index in [4.69, 9.17) is 45.3 Å². The van der Waals surface area contributed by atoms with Gasteiger partial charge in [0.1, 0.15) is 10.8 Å². The van der Waals surface area contributed by atoms with Gasteiger partial charge in [-0.15, -0.1) is 0 Å². The predicted molar refractivity (Wildman–Crippen MR) is 101 cm³/mol. The first-order valence-corrected chi connectivity index (χ1v) is 8.43. The molecule has 0 aliphatic rings. The van der Waals surface area contributed by atoms with E-state index in [0.717, 1.165) is 17.7 Å². The predicted octanol–water partition coefficient (Wildman–Crippen LogP) is 4.18. The number of amides is 1. The van der Waals surface area contributed by atoms with Gasteiger partial charge in [0.25, 0.3) is 5.91 Å². The molecule has 6 nitrogen and oxygen atoms in total. The summed E-state index contributed by atoms with van der Waals surface area (Å²) in [6.45, 7) is 2.65. The van der Waals surface area contributed by atoms with Crippen LogP contribution < -0.4 is 15.9 Å². The molecule has 0 bridgehead atoms. The number of carbonyl (C=O) groups excluding carboxylic acids is 1. The molecule has 1 heterocycles. The average Bonchev–Trinajstić information content (AvgIpc) is 2.61. The molecule has 1 amide bonds. The summed E-state index contributed by atoms with van der Waals surface area (Å²) in [6.07, 6.45) is 2.38. The number of hydrogen-bond donors (Lipinski definition) is 2. The van der Waals surface area contributed by atoms with Crippen molar-refractivity contribution >= 4 is 52.6 Å². The van der Waals surface area contributed by atoms with E-state index in [1.54, 1.807) is 6.07 Å². The normalized spacial score (nSPS) is 10.9. The highest BCUT2D eigenvalue weighted by Gasteiger charge is 2.19. The Labute approximate surface area is 159 Å². The second-order valence-corrected chi connectivity index (χ2v) is 6.03. The second kappa shape index (κ2) is 8.89. The van der Waals surface area contributed by atoms with E-state index in [9.17, 15) is 4.79 Å². The van der Waals surface area contributed by atoms with Crippen LogP contribution in [0.1, 0.15) is 29.4 Å². The van der Waals surface area contributed by atoms with Crippen molar-refractivity contribution < 1.29 is 9.53 Å². The minimum Gasteiger partial charge on any atom is -0.494 e. The topological polar surface area (TPSA) is 89.6 Å². The second-order valence-electron chi connectivity index (χ2n) is 4.91. The molecular weight excluding hydrogens is 387 g/mol. The highest BCUT2D eigenvalue weighted by atomic mass is 35.5. The van der Waals surface area contributed by atoms with Crippen LogP contribution in [0.2, 0.25) is 15.2 Å². The van der Waals surface area contributed by atoms with Gasteiger partial charge in [-0.05, 0) is 24.1 Å². The molecule has 0 spiro atoms. The number of nitrogens with two attached hydrogens (primary N) is 1. The Morgan fingerprint density at radius 1 is 1.36 bits per heavy atom. The molecule has 0 aliphatic carbocycles. The average molecular weight is 402 g/mol. The number of ether oxygens (including phenoxy) is 1. The molecule has 0 saturated heterocycles. The van der Waals surface area contributed by atoms with Crippen molar-refractivity contribution in [2.75, 3.05) is 12.3 Å². The van der Waals surface area contributed by atoms with Crippen LogP contribution in [0.3, 0.4) is 0 Å². The molecule has 0 radical (unpaired) electrons. The van der Waals surface area contributed by atoms with E-state index < -0.39 is 5.91 Å². The van der Waals surface area contributed by atoms with E-state index in [2.05, 4.69) is 15.5 Å². The number of nitrogens with one attached hydrogen (secondary N) is 1. The summed E-state index contributed by atoms with van der Waals surface area (Å²) in [7, 11) is 0. The smallest absolute Gasteiger partial charge is 0.291 e. The lowest BCUT2D eigenvalue weighted by Crippen LogP contribution is -2.20. The SMILES string of the molecule is CCCOc1cccc(/C=N/NC(=O)c2nc(Cl)c(Cl)c(N)c2Cl)c1. The summed E-state index contributed by atoms with van der Waals surface area (Å²) >= 11 is 17.6. The summed E-state index contributed by atoms with van der Waals surface area (Å²) in [5.41, 5.74) is 8.56. The number of hydrogen-bond acceptors (Lipinski definition) is 5. The van der Waals surface area contributed by atoms with E-state index in [1.165, 1.54) is 6.21 Å². The van der Waals surface area contributed by atoms with Gasteiger partial charge in [-0.2, -0.15) is 5.10 Å².